The van der Waals surface area contributed by atoms with Crippen LogP contribution < -0.4 is 10.2 Å². The predicted molar refractivity (Wildman–Crippen MR) is 100 cm³/mol. The van der Waals surface area contributed by atoms with E-state index in [1.807, 2.05) is 4.90 Å². The lowest BCUT2D eigenvalue weighted by Gasteiger charge is -2.42. The van der Waals surface area contributed by atoms with Crippen molar-refractivity contribution in [1.29, 1.82) is 0 Å². The first kappa shape index (κ1) is 19.1. The molecule has 4 amide bonds. The van der Waals surface area contributed by atoms with Crippen molar-refractivity contribution < 1.29 is 29.1 Å². The van der Waals surface area contributed by atoms with Crippen molar-refractivity contribution in [1.82, 2.24) is 10.2 Å². The van der Waals surface area contributed by atoms with Gasteiger partial charge in [0.25, 0.3) is 11.8 Å². The molecule has 29 heavy (non-hydrogen) atoms. The van der Waals surface area contributed by atoms with Crippen LogP contribution in [0.25, 0.3) is 0 Å². The molecular formula is C20H21N3O6. The molecule has 0 bridgehead atoms. The first-order chi connectivity index (χ1) is 13.9. The molecule has 0 radical (unpaired) electrons. The fourth-order valence-electron chi connectivity index (χ4n) is 4.25. The second-order valence-corrected chi connectivity index (χ2v) is 7.70. The van der Waals surface area contributed by atoms with Crippen molar-refractivity contribution >= 4 is 35.3 Å². The van der Waals surface area contributed by atoms with Crippen molar-refractivity contribution in [2.45, 2.75) is 38.1 Å². The van der Waals surface area contributed by atoms with E-state index < -0.39 is 35.6 Å². The molecule has 9 heteroatoms. The van der Waals surface area contributed by atoms with Crippen LogP contribution in [0.1, 0.15) is 52.8 Å². The quantitative estimate of drug-likeness (QED) is 0.677. The lowest BCUT2D eigenvalue weighted by atomic mass is 9.92. The van der Waals surface area contributed by atoms with Gasteiger partial charge in [0.1, 0.15) is 6.04 Å². The number of nitrogens with one attached hydrogen (secondary N) is 1. The average Bonchev–Trinajstić information content (AvgIpc) is 2.88. The molecule has 2 N–H and O–H groups in total. The molecule has 4 rings (SSSR count). The first-order valence-electron chi connectivity index (χ1n) is 9.68. The zero-order chi connectivity index (χ0) is 20.7. The molecule has 9 nitrogen and oxygen atoms in total. The van der Waals surface area contributed by atoms with Crippen LogP contribution in [0, 0.1) is 5.92 Å². The Bertz CT molecular complexity index is 921. The van der Waals surface area contributed by atoms with Gasteiger partial charge in [0.05, 0.1) is 16.8 Å². The Morgan fingerprint density at radius 1 is 1.14 bits per heavy atom. The summed E-state index contributed by atoms with van der Waals surface area (Å²) in [7, 11) is 0. The van der Waals surface area contributed by atoms with Gasteiger partial charge >= 0.3 is 5.97 Å². The van der Waals surface area contributed by atoms with E-state index in [4.69, 9.17) is 5.11 Å². The number of aliphatic carboxylic acids is 1. The number of piperidine rings is 1. The largest absolute Gasteiger partial charge is 0.481 e. The molecule has 0 spiro atoms. The number of benzene rings is 1. The molecule has 3 heterocycles. The second-order valence-electron chi connectivity index (χ2n) is 7.70. The van der Waals surface area contributed by atoms with Crippen molar-refractivity contribution in [2.24, 2.45) is 5.92 Å². The minimum atomic E-state index is -0.979. The average molecular weight is 399 g/mol. The van der Waals surface area contributed by atoms with E-state index in [1.54, 1.807) is 18.2 Å². The maximum absolute atomic E-state index is 13.1. The van der Waals surface area contributed by atoms with Crippen LogP contribution in [0.4, 0.5) is 5.69 Å². The molecule has 152 valence electrons. The highest BCUT2D eigenvalue weighted by atomic mass is 16.4. The summed E-state index contributed by atoms with van der Waals surface area (Å²) in [4.78, 5) is 63.1. The topological polar surface area (TPSA) is 124 Å². The van der Waals surface area contributed by atoms with Gasteiger partial charge in [0.2, 0.25) is 11.8 Å². The number of imide groups is 2. The minimum absolute atomic E-state index is 0.0841. The van der Waals surface area contributed by atoms with Gasteiger partial charge in [-0.15, -0.1) is 0 Å². The standard InChI is InChI=1S/C20H21N3O6/c24-15-8-7-14(18(27)21-15)23-19(28)12-4-2-5-13(17(12)20(23)29)22-9-11(10-22)3-1-6-16(25)26/h2,4-5,11,14H,1,3,6-10H2,(H,25,26)(H,21,24,27). The normalized spacial score (nSPS) is 21.9. The zero-order valence-corrected chi connectivity index (χ0v) is 15.7. The van der Waals surface area contributed by atoms with E-state index in [0.29, 0.717) is 36.7 Å². The van der Waals surface area contributed by atoms with Crippen LogP contribution in [0.3, 0.4) is 0 Å². The Hall–Kier alpha value is -3.23. The summed E-state index contributed by atoms with van der Waals surface area (Å²) in [5, 5.41) is 10.9. The van der Waals surface area contributed by atoms with E-state index in [-0.39, 0.29) is 24.8 Å². The van der Waals surface area contributed by atoms with Crippen LogP contribution in [0.2, 0.25) is 0 Å². The van der Waals surface area contributed by atoms with Gasteiger partial charge in [-0.2, -0.15) is 0 Å². The Balaban J connectivity index is 1.50. The minimum Gasteiger partial charge on any atom is -0.481 e. The second kappa shape index (κ2) is 7.31. The fraction of sp³-hybridized carbons (Fsp3) is 0.450. The molecule has 2 fully saturated rings. The Kier molecular flexibility index (Phi) is 4.81. The number of carboxylic acids is 1. The maximum atomic E-state index is 13.1. The van der Waals surface area contributed by atoms with Gasteiger partial charge in [0, 0.05) is 25.9 Å². The lowest BCUT2D eigenvalue weighted by Crippen LogP contribution is -2.54. The fourth-order valence-corrected chi connectivity index (χ4v) is 4.25. The summed E-state index contributed by atoms with van der Waals surface area (Å²) in [6, 6.07) is 4.10. The van der Waals surface area contributed by atoms with E-state index in [1.165, 1.54) is 0 Å². The lowest BCUT2D eigenvalue weighted by molar-refractivity contribution is -0.138. The third-order valence-electron chi connectivity index (χ3n) is 5.75. The van der Waals surface area contributed by atoms with E-state index in [2.05, 4.69) is 5.32 Å². The molecular weight excluding hydrogens is 378 g/mol. The number of hydrogen-bond acceptors (Lipinski definition) is 6. The van der Waals surface area contributed by atoms with Crippen LogP contribution >= 0.6 is 0 Å². The summed E-state index contributed by atoms with van der Waals surface area (Å²) < 4.78 is 0. The monoisotopic (exact) mass is 399 g/mol. The van der Waals surface area contributed by atoms with Gasteiger partial charge in [-0.3, -0.25) is 34.2 Å². The number of carbonyl (C=O) groups excluding carboxylic acids is 4. The zero-order valence-electron chi connectivity index (χ0n) is 15.7. The summed E-state index contributed by atoms with van der Waals surface area (Å²) >= 11 is 0. The maximum Gasteiger partial charge on any atom is 0.303 e. The summed E-state index contributed by atoms with van der Waals surface area (Å²) in [5.74, 6) is -2.51. The summed E-state index contributed by atoms with van der Waals surface area (Å²) in [5.41, 5.74) is 1.22. The van der Waals surface area contributed by atoms with Crippen molar-refractivity contribution in [3.8, 4) is 0 Å². The molecule has 0 aliphatic carbocycles. The molecule has 2 saturated heterocycles. The summed E-state index contributed by atoms with van der Waals surface area (Å²) in [6.07, 6.45) is 1.77. The van der Waals surface area contributed by atoms with Gasteiger partial charge in [-0.25, -0.2) is 0 Å². The van der Waals surface area contributed by atoms with Crippen LogP contribution in [-0.2, 0) is 14.4 Å². The number of rotatable bonds is 6. The number of nitrogens with zero attached hydrogens (tertiary/aromatic N) is 2. The molecule has 1 aromatic carbocycles. The molecule has 3 aliphatic heterocycles. The van der Waals surface area contributed by atoms with E-state index in [0.717, 1.165) is 11.3 Å². The van der Waals surface area contributed by atoms with Crippen LogP contribution in [0.5, 0.6) is 0 Å². The molecule has 1 unspecified atom stereocenters. The van der Waals surface area contributed by atoms with Gasteiger partial charge in [0.15, 0.2) is 0 Å². The number of hydrogen-bond donors (Lipinski definition) is 2. The number of anilines is 1. The Labute approximate surface area is 166 Å². The van der Waals surface area contributed by atoms with E-state index >= 15 is 0 Å². The molecule has 1 aromatic rings. The van der Waals surface area contributed by atoms with Gasteiger partial charge < -0.3 is 10.0 Å². The number of fused-ring (bicyclic) bond motifs is 1. The highest BCUT2D eigenvalue weighted by Gasteiger charge is 2.46. The van der Waals surface area contributed by atoms with E-state index in [9.17, 15) is 24.0 Å². The Morgan fingerprint density at radius 2 is 1.90 bits per heavy atom. The van der Waals surface area contributed by atoms with Crippen molar-refractivity contribution in [3.05, 3.63) is 29.3 Å². The molecule has 1 atom stereocenters. The first-order valence-corrected chi connectivity index (χ1v) is 9.68. The Morgan fingerprint density at radius 3 is 2.59 bits per heavy atom. The molecule has 0 saturated carbocycles. The number of carboxylic acid groups (broad SMARTS) is 1. The number of amides is 4. The van der Waals surface area contributed by atoms with Gasteiger partial charge in [-0.1, -0.05) is 6.07 Å². The predicted octanol–water partition coefficient (Wildman–Crippen LogP) is 0.779. The molecule has 3 aliphatic rings. The number of carbonyl (C=O) groups is 5. The highest BCUT2D eigenvalue weighted by Crippen LogP contribution is 2.37. The van der Waals surface area contributed by atoms with Gasteiger partial charge in [-0.05, 0) is 37.3 Å². The SMILES string of the molecule is O=C(O)CCCC1CN(c2cccc3c2C(=O)N(C2CCC(=O)NC2=O)C3=O)C1. The van der Waals surface area contributed by atoms with Crippen LogP contribution in [-0.4, -0.2) is 58.7 Å². The molecule has 0 aromatic heterocycles. The van der Waals surface area contributed by atoms with Crippen LogP contribution in [0.15, 0.2) is 18.2 Å². The smallest absolute Gasteiger partial charge is 0.303 e. The highest BCUT2D eigenvalue weighted by molar-refractivity contribution is 6.25. The van der Waals surface area contributed by atoms with Crippen molar-refractivity contribution in [3.63, 3.8) is 0 Å². The third-order valence-corrected chi connectivity index (χ3v) is 5.75. The van der Waals surface area contributed by atoms with Crippen molar-refractivity contribution in [2.75, 3.05) is 18.0 Å². The summed E-state index contributed by atoms with van der Waals surface area (Å²) in [6.45, 7) is 1.38. The third kappa shape index (κ3) is 3.37.